The van der Waals surface area contributed by atoms with Gasteiger partial charge in [0.25, 0.3) is 0 Å². The smallest absolute Gasteiger partial charge is 0.176 e. The topological polar surface area (TPSA) is 70.9 Å². The highest BCUT2D eigenvalue weighted by atomic mass is 32.2. The van der Waals surface area contributed by atoms with Gasteiger partial charge in [-0.2, -0.15) is 0 Å². The zero-order valence-corrected chi connectivity index (χ0v) is 17.1. The highest BCUT2D eigenvalue weighted by Crippen LogP contribution is 2.38. The third-order valence-corrected chi connectivity index (χ3v) is 6.92. The third kappa shape index (κ3) is 4.02. The van der Waals surface area contributed by atoms with Gasteiger partial charge < -0.3 is 10.4 Å². The molecule has 0 radical (unpaired) electrons. The first-order valence-electron chi connectivity index (χ1n) is 8.12. The monoisotopic (exact) mass is 412 g/mol. The van der Waals surface area contributed by atoms with Crippen molar-refractivity contribution in [2.45, 2.75) is 21.1 Å². The quantitative estimate of drug-likeness (QED) is 0.406. The van der Waals surface area contributed by atoms with Crippen LogP contribution in [0.1, 0.15) is 5.56 Å². The van der Waals surface area contributed by atoms with Gasteiger partial charge in [-0.15, -0.1) is 11.3 Å². The number of anilines is 2. The van der Waals surface area contributed by atoms with Crippen LogP contribution in [0.5, 0.6) is 5.75 Å². The van der Waals surface area contributed by atoms with E-state index in [9.17, 15) is 5.11 Å². The molecule has 0 amide bonds. The number of aryl methyl sites for hydroxylation is 1. The van der Waals surface area contributed by atoms with E-state index in [1.54, 1.807) is 47.0 Å². The van der Waals surface area contributed by atoms with Gasteiger partial charge in [0, 0.05) is 9.79 Å². The van der Waals surface area contributed by atoms with Crippen LogP contribution in [0, 0.1) is 6.92 Å². The van der Waals surface area contributed by atoms with Crippen LogP contribution >= 0.6 is 34.9 Å². The van der Waals surface area contributed by atoms with Gasteiger partial charge in [0.15, 0.2) is 15.8 Å². The minimum atomic E-state index is 0.264. The number of fused-ring (bicyclic) bond motifs is 1. The number of nitrogens with one attached hydrogen (secondary N) is 1. The Morgan fingerprint density at radius 1 is 1.07 bits per heavy atom. The fraction of sp³-hybridized carbons (Fsp3) is 0.105. The zero-order chi connectivity index (χ0) is 18.8. The summed E-state index contributed by atoms with van der Waals surface area (Å²) in [6, 6.07) is 13.5. The van der Waals surface area contributed by atoms with Gasteiger partial charge in [0.1, 0.15) is 16.8 Å². The molecule has 4 aromatic rings. The predicted molar refractivity (Wildman–Crippen MR) is 114 cm³/mol. The molecule has 0 bridgehead atoms. The molecule has 2 N–H and O–H groups in total. The van der Waals surface area contributed by atoms with Crippen molar-refractivity contribution in [1.82, 2.24) is 15.0 Å². The van der Waals surface area contributed by atoms with Crippen LogP contribution in [0.3, 0.4) is 0 Å². The summed E-state index contributed by atoms with van der Waals surface area (Å²) < 4.78 is 1.92. The molecule has 27 heavy (non-hydrogen) atoms. The van der Waals surface area contributed by atoms with E-state index in [1.807, 2.05) is 18.4 Å². The lowest BCUT2D eigenvalue weighted by Crippen LogP contribution is -1.97. The second-order valence-electron chi connectivity index (χ2n) is 5.78. The van der Waals surface area contributed by atoms with Crippen molar-refractivity contribution < 1.29 is 5.11 Å². The van der Waals surface area contributed by atoms with Gasteiger partial charge in [-0.05, 0) is 55.1 Å². The van der Waals surface area contributed by atoms with E-state index in [1.165, 1.54) is 6.33 Å². The highest BCUT2D eigenvalue weighted by Gasteiger charge is 2.13. The van der Waals surface area contributed by atoms with Crippen molar-refractivity contribution in [3.05, 3.63) is 54.4 Å². The average Bonchev–Trinajstić information content (AvgIpc) is 3.10. The van der Waals surface area contributed by atoms with Gasteiger partial charge >= 0.3 is 0 Å². The van der Waals surface area contributed by atoms with Gasteiger partial charge in [0.05, 0.1) is 5.69 Å². The molecule has 8 heteroatoms. The molecule has 2 heterocycles. The summed E-state index contributed by atoms with van der Waals surface area (Å²) in [6.07, 6.45) is 3.54. The molecule has 4 rings (SSSR count). The van der Waals surface area contributed by atoms with Crippen molar-refractivity contribution in [3.63, 3.8) is 0 Å². The summed E-state index contributed by atoms with van der Waals surface area (Å²) in [5.41, 5.74) is 2.85. The Kier molecular flexibility index (Phi) is 5.20. The molecule has 0 saturated carbocycles. The van der Waals surface area contributed by atoms with Gasteiger partial charge in [0.2, 0.25) is 0 Å². The van der Waals surface area contributed by atoms with Crippen LogP contribution in [0.2, 0.25) is 0 Å². The molecule has 2 aromatic carbocycles. The molecule has 0 aliphatic rings. The SMILES string of the molecule is CSc1nc2ncnc(Nc3cc(C)ccc3Sc3ccc(O)cc3)c2s1. The molecule has 2 aromatic heterocycles. The number of phenolic OH excluding ortho intramolecular Hbond substituents is 1. The molecule has 0 atom stereocenters. The van der Waals surface area contributed by atoms with Crippen molar-refractivity contribution in [2.24, 2.45) is 0 Å². The lowest BCUT2D eigenvalue weighted by Gasteiger charge is -2.12. The maximum Gasteiger partial charge on any atom is 0.176 e. The van der Waals surface area contributed by atoms with Crippen LogP contribution in [-0.4, -0.2) is 26.3 Å². The van der Waals surface area contributed by atoms with Gasteiger partial charge in [-0.3, -0.25) is 0 Å². The van der Waals surface area contributed by atoms with E-state index in [4.69, 9.17) is 0 Å². The van der Waals surface area contributed by atoms with E-state index < -0.39 is 0 Å². The van der Waals surface area contributed by atoms with E-state index in [-0.39, 0.29) is 5.75 Å². The summed E-state index contributed by atoms with van der Waals surface area (Å²) in [7, 11) is 0. The van der Waals surface area contributed by atoms with E-state index >= 15 is 0 Å². The molecular weight excluding hydrogens is 396 g/mol. The number of benzene rings is 2. The molecule has 136 valence electrons. The average molecular weight is 413 g/mol. The molecular formula is C19H16N4OS3. The maximum absolute atomic E-state index is 9.49. The van der Waals surface area contributed by atoms with Gasteiger partial charge in [-0.25, -0.2) is 15.0 Å². The van der Waals surface area contributed by atoms with E-state index in [2.05, 4.69) is 45.4 Å². The fourth-order valence-electron chi connectivity index (χ4n) is 2.51. The molecule has 0 fully saturated rings. The number of thiazole rings is 1. The zero-order valence-electron chi connectivity index (χ0n) is 14.6. The first-order valence-corrected chi connectivity index (χ1v) is 11.0. The first kappa shape index (κ1) is 18.1. The Labute approximate surface area is 169 Å². The Hall–Kier alpha value is -2.29. The number of rotatable bonds is 5. The molecule has 0 aliphatic heterocycles. The first-order chi connectivity index (χ1) is 13.1. The van der Waals surface area contributed by atoms with Crippen LogP contribution < -0.4 is 5.32 Å². The highest BCUT2D eigenvalue weighted by molar-refractivity contribution is 8.00. The second kappa shape index (κ2) is 7.75. The van der Waals surface area contributed by atoms with Crippen LogP contribution in [0.25, 0.3) is 10.3 Å². The Morgan fingerprint density at radius 3 is 2.67 bits per heavy atom. The summed E-state index contributed by atoms with van der Waals surface area (Å²) in [4.78, 5) is 15.3. The van der Waals surface area contributed by atoms with Crippen molar-refractivity contribution in [3.8, 4) is 5.75 Å². The lowest BCUT2D eigenvalue weighted by molar-refractivity contribution is 0.475. The molecule has 0 unspecified atom stereocenters. The molecule has 0 saturated heterocycles. The van der Waals surface area contributed by atoms with Crippen LogP contribution in [-0.2, 0) is 0 Å². The second-order valence-corrected chi connectivity index (χ2v) is 8.95. The van der Waals surface area contributed by atoms with Crippen LogP contribution in [0.4, 0.5) is 11.5 Å². The Balaban J connectivity index is 1.70. The number of nitrogens with zero attached hydrogens (tertiary/aromatic N) is 3. The normalized spacial score (nSPS) is 11.0. The van der Waals surface area contributed by atoms with Gasteiger partial charge in [-0.1, -0.05) is 29.6 Å². The van der Waals surface area contributed by atoms with E-state index in [0.717, 1.165) is 35.9 Å². The number of hydrogen-bond donors (Lipinski definition) is 2. The minimum Gasteiger partial charge on any atom is -0.508 e. The van der Waals surface area contributed by atoms with E-state index in [0.29, 0.717) is 5.65 Å². The summed E-state index contributed by atoms with van der Waals surface area (Å²) >= 11 is 4.83. The number of thioether (sulfide) groups is 1. The standard InChI is InChI=1S/C19H16N4OS3/c1-11-3-8-15(26-13-6-4-12(24)5-7-13)14(9-11)22-17-16-18(21-10-20-17)23-19(25-2)27-16/h3-10,24H,1-2H3,(H,20,21,22). The summed E-state index contributed by atoms with van der Waals surface area (Å²) in [5.74, 6) is 1.02. The third-order valence-electron chi connectivity index (χ3n) is 3.80. The van der Waals surface area contributed by atoms with Crippen molar-refractivity contribution in [2.75, 3.05) is 11.6 Å². The maximum atomic E-state index is 9.49. The minimum absolute atomic E-state index is 0.264. The number of aromatic hydroxyl groups is 1. The Bertz CT molecular complexity index is 1100. The summed E-state index contributed by atoms with van der Waals surface area (Å²) in [5, 5.41) is 13.0. The number of hydrogen-bond acceptors (Lipinski definition) is 8. The molecule has 0 aliphatic carbocycles. The number of phenols is 1. The van der Waals surface area contributed by atoms with Crippen molar-refractivity contribution in [1.29, 1.82) is 0 Å². The van der Waals surface area contributed by atoms with Crippen molar-refractivity contribution >= 4 is 56.7 Å². The fourth-order valence-corrected chi connectivity index (χ4v) is 4.85. The Morgan fingerprint density at radius 2 is 1.89 bits per heavy atom. The van der Waals surface area contributed by atoms with Crippen LogP contribution in [0.15, 0.2) is 62.9 Å². The predicted octanol–water partition coefficient (Wildman–Crippen LogP) is 5.72. The molecule has 0 spiro atoms. The molecule has 5 nitrogen and oxygen atoms in total. The summed E-state index contributed by atoms with van der Waals surface area (Å²) in [6.45, 7) is 2.06. The lowest BCUT2D eigenvalue weighted by atomic mass is 10.2. The number of aromatic nitrogens is 3. The largest absolute Gasteiger partial charge is 0.508 e.